The van der Waals surface area contributed by atoms with Gasteiger partial charge in [0.25, 0.3) is 0 Å². The summed E-state index contributed by atoms with van der Waals surface area (Å²) in [5.74, 6) is -0.701. The number of rotatable bonds is 4. The van der Waals surface area contributed by atoms with Crippen LogP contribution in [0.4, 0.5) is 0 Å². The third-order valence-corrected chi connectivity index (χ3v) is 3.42. The maximum absolute atomic E-state index is 11.3. The molecule has 17 heavy (non-hydrogen) atoms. The van der Waals surface area contributed by atoms with Crippen LogP contribution in [0, 0.1) is 6.92 Å². The third kappa shape index (κ3) is 3.07. The van der Waals surface area contributed by atoms with Crippen molar-refractivity contribution in [1.82, 2.24) is 4.90 Å². The average Bonchev–Trinajstić information content (AvgIpc) is 2.81. The summed E-state index contributed by atoms with van der Waals surface area (Å²) in [6, 6.07) is 7.78. The van der Waals surface area contributed by atoms with Crippen molar-refractivity contribution < 1.29 is 9.90 Å². The maximum atomic E-state index is 11.3. The van der Waals surface area contributed by atoms with Gasteiger partial charge in [-0.2, -0.15) is 0 Å². The summed E-state index contributed by atoms with van der Waals surface area (Å²) in [4.78, 5) is 13.4. The molecule has 2 rings (SSSR count). The number of hydrogen-bond acceptors (Lipinski definition) is 2. The van der Waals surface area contributed by atoms with E-state index in [2.05, 4.69) is 4.90 Å². The molecule has 1 aliphatic rings. The van der Waals surface area contributed by atoms with Crippen molar-refractivity contribution >= 4 is 5.97 Å². The van der Waals surface area contributed by atoms with E-state index in [-0.39, 0.29) is 6.04 Å². The smallest absolute Gasteiger partial charge is 0.321 e. The molecule has 1 atom stereocenters. The fraction of sp³-hybridized carbons (Fsp3) is 0.500. The van der Waals surface area contributed by atoms with Crippen molar-refractivity contribution in [1.29, 1.82) is 0 Å². The van der Waals surface area contributed by atoms with Gasteiger partial charge in [-0.25, -0.2) is 0 Å². The minimum Gasteiger partial charge on any atom is -0.480 e. The van der Waals surface area contributed by atoms with Crippen LogP contribution in [0.5, 0.6) is 0 Å². The van der Waals surface area contributed by atoms with Gasteiger partial charge in [-0.05, 0) is 44.8 Å². The summed E-state index contributed by atoms with van der Waals surface area (Å²) in [5.41, 5.74) is 2.32. The summed E-state index contributed by atoms with van der Waals surface area (Å²) in [5, 5.41) is 9.31. The Kier molecular flexibility index (Phi) is 3.79. The largest absolute Gasteiger partial charge is 0.480 e. The number of carboxylic acid groups (broad SMARTS) is 1. The van der Waals surface area contributed by atoms with E-state index in [0.29, 0.717) is 6.42 Å². The Balaban J connectivity index is 2.06. The number of nitrogens with zero attached hydrogens (tertiary/aromatic N) is 1. The van der Waals surface area contributed by atoms with E-state index in [1.807, 2.05) is 31.2 Å². The van der Waals surface area contributed by atoms with Crippen LogP contribution in [0.1, 0.15) is 24.0 Å². The Morgan fingerprint density at radius 1 is 1.29 bits per heavy atom. The molecule has 3 heteroatoms. The standard InChI is InChI=1S/C14H19NO2/c1-11-4-6-12(7-5-11)10-13(14(16)17)15-8-2-3-9-15/h4-7,13H,2-3,8-10H2,1H3,(H,16,17)/t13-/m1/s1. The second-order valence-corrected chi connectivity index (χ2v) is 4.79. The van der Waals surface area contributed by atoms with E-state index in [0.717, 1.165) is 31.5 Å². The summed E-state index contributed by atoms with van der Waals surface area (Å²) < 4.78 is 0. The first-order chi connectivity index (χ1) is 8.16. The normalized spacial score (nSPS) is 18.2. The van der Waals surface area contributed by atoms with Gasteiger partial charge in [0.05, 0.1) is 0 Å². The van der Waals surface area contributed by atoms with Gasteiger partial charge in [-0.3, -0.25) is 9.69 Å². The fourth-order valence-electron chi connectivity index (χ4n) is 2.37. The zero-order valence-electron chi connectivity index (χ0n) is 10.2. The molecule has 0 saturated carbocycles. The van der Waals surface area contributed by atoms with Crippen LogP contribution in [0.15, 0.2) is 24.3 Å². The monoisotopic (exact) mass is 233 g/mol. The van der Waals surface area contributed by atoms with Crippen LogP contribution in [-0.2, 0) is 11.2 Å². The number of carboxylic acids is 1. The Bertz CT molecular complexity index is 380. The molecule has 0 unspecified atom stereocenters. The highest BCUT2D eigenvalue weighted by Crippen LogP contribution is 2.16. The van der Waals surface area contributed by atoms with E-state index in [9.17, 15) is 9.90 Å². The first-order valence-electron chi connectivity index (χ1n) is 6.19. The van der Waals surface area contributed by atoms with E-state index in [1.165, 1.54) is 5.56 Å². The van der Waals surface area contributed by atoms with Crippen LogP contribution >= 0.6 is 0 Å². The highest BCUT2D eigenvalue weighted by Gasteiger charge is 2.27. The zero-order valence-corrected chi connectivity index (χ0v) is 10.2. The van der Waals surface area contributed by atoms with Crippen LogP contribution in [0.2, 0.25) is 0 Å². The van der Waals surface area contributed by atoms with Crippen molar-refractivity contribution in [2.75, 3.05) is 13.1 Å². The molecule has 1 heterocycles. The molecule has 0 amide bonds. The average molecular weight is 233 g/mol. The highest BCUT2D eigenvalue weighted by atomic mass is 16.4. The number of carbonyl (C=O) groups is 1. The van der Waals surface area contributed by atoms with Crippen molar-refractivity contribution in [2.24, 2.45) is 0 Å². The van der Waals surface area contributed by atoms with Gasteiger partial charge >= 0.3 is 5.97 Å². The van der Waals surface area contributed by atoms with Crippen LogP contribution < -0.4 is 0 Å². The van der Waals surface area contributed by atoms with Gasteiger partial charge in [0.2, 0.25) is 0 Å². The van der Waals surface area contributed by atoms with Crippen molar-refractivity contribution in [3.05, 3.63) is 35.4 Å². The zero-order chi connectivity index (χ0) is 12.3. The molecule has 0 bridgehead atoms. The number of aliphatic carboxylic acids is 1. The molecule has 3 nitrogen and oxygen atoms in total. The lowest BCUT2D eigenvalue weighted by atomic mass is 10.0. The van der Waals surface area contributed by atoms with Gasteiger partial charge in [-0.1, -0.05) is 29.8 Å². The van der Waals surface area contributed by atoms with Gasteiger partial charge in [0, 0.05) is 0 Å². The number of benzene rings is 1. The van der Waals surface area contributed by atoms with Crippen LogP contribution in [-0.4, -0.2) is 35.1 Å². The minimum atomic E-state index is -0.701. The molecule has 92 valence electrons. The van der Waals surface area contributed by atoms with E-state index in [4.69, 9.17) is 0 Å². The second-order valence-electron chi connectivity index (χ2n) is 4.79. The molecule has 1 N–H and O–H groups in total. The predicted octanol–water partition coefficient (Wildman–Crippen LogP) is 2.09. The van der Waals surface area contributed by atoms with Gasteiger partial charge in [-0.15, -0.1) is 0 Å². The topological polar surface area (TPSA) is 40.5 Å². The molecular weight excluding hydrogens is 214 g/mol. The first-order valence-corrected chi connectivity index (χ1v) is 6.19. The fourth-order valence-corrected chi connectivity index (χ4v) is 2.37. The Morgan fingerprint density at radius 3 is 2.41 bits per heavy atom. The van der Waals surface area contributed by atoms with Gasteiger partial charge < -0.3 is 5.11 Å². The molecule has 1 aliphatic heterocycles. The molecular formula is C14H19NO2. The molecule has 1 aromatic carbocycles. The number of aryl methyl sites for hydroxylation is 1. The van der Waals surface area contributed by atoms with Gasteiger partial charge in [0.15, 0.2) is 0 Å². The quantitative estimate of drug-likeness (QED) is 0.865. The Labute approximate surface area is 102 Å². The van der Waals surface area contributed by atoms with Crippen LogP contribution in [0.25, 0.3) is 0 Å². The Morgan fingerprint density at radius 2 is 1.88 bits per heavy atom. The minimum absolute atomic E-state index is 0.361. The first kappa shape index (κ1) is 12.1. The summed E-state index contributed by atoms with van der Waals surface area (Å²) >= 11 is 0. The van der Waals surface area contributed by atoms with Crippen molar-refractivity contribution in [3.8, 4) is 0 Å². The molecule has 1 saturated heterocycles. The number of hydrogen-bond donors (Lipinski definition) is 1. The third-order valence-electron chi connectivity index (χ3n) is 3.42. The van der Waals surface area contributed by atoms with E-state index < -0.39 is 5.97 Å². The lowest BCUT2D eigenvalue weighted by Gasteiger charge is -2.23. The second kappa shape index (κ2) is 5.32. The van der Waals surface area contributed by atoms with E-state index >= 15 is 0 Å². The molecule has 0 aliphatic carbocycles. The summed E-state index contributed by atoms with van der Waals surface area (Å²) in [6.07, 6.45) is 2.85. The lowest BCUT2D eigenvalue weighted by molar-refractivity contribution is -0.142. The molecule has 1 aromatic rings. The summed E-state index contributed by atoms with van der Waals surface area (Å²) in [6.45, 7) is 3.88. The molecule has 0 aromatic heterocycles. The van der Waals surface area contributed by atoms with Gasteiger partial charge in [0.1, 0.15) is 6.04 Å². The number of likely N-dealkylation sites (tertiary alicyclic amines) is 1. The SMILES string of the molecule is Cc1ccc(C[C@H](C(=O)O)N2CCCC2)cc1. The van der Waals surface area contributed by atoms with Crippen molar-refractivity contribution in [3.63, 3.8) is 0 Å². The maximum Gasteiger partial charge on any atom is 0.321 e. The molecule has 1 fully saturated rings. The molecule has 0 spiro atoms. The van der Waals surface area contributed by atoms with Crippen molar-refractivity contribution in [2.45, 2.75) is 32.2 Å². The lowest BCUT2D eigenvalue weighted by Crippen LogP contribution is -2.40. The van der Waals surface area contributed by atoms with Crippen LogP contribution in [0.3, 0.4) is 0 Å². The molecule has 0 radical (unpaired) electrons. The predicted molar refractivity (Wildman–Crippen MR) is 67.1 cm³/mol. The van der Waals surface area contributed by atoms with E-state index in [1.54, 1.807) is 0 Å². The summed E-state index contributed by atoms with van der Waals surface area (Å²) in [7, 11) is 0. The Hall–Kier alpha value is -1.35. The highest BCUT2D eigenvalue weighted by molar-refractivity contribution is 5.74.